The monoisotopic (exact) mass is 266 g/mol. The van der Waals surface area contributed by atoms with E-state index in [1.807, 2.05) is 13.8 Å². The first-order valence-corrected chi connectivity index (χ1v) is 4.93. The molecule has 0 bridgehead atoms. The van der Waals surface area contributed by atoms with E-state index in [9.17, 15) is 9.18 Å². The third-order valence-corrected chi connectivity index (χ3v) is 1.84. The van der Waals surface area contributed by atoms with E-state index in [0.29, 0.717) is 4.47 Å². The van der Waals surface area contributed by atoms with Crippen LogP contribution in [0.1, 0.15) is 24.2 Å². The summed E-state index contributed by atoms with van der Waals surface area (Å²) < 4.78 is 13.3. The van der Waals surface area contributed by atoms with E-state index < -0.39 is 11.1 Å². The lowest BCUT2D eigenvalue weighted by atomic mass is 10.2. The van der Waals surface area contributed by atoms with Gasteiger partial charge in [0.1, 0.15) is 5.82 Å². The van der Waals surface area contributed by atoms with Crippen molar-refractivity contribution in [2.24, 2.45) is 0 Å². The standard InChI is InChI=1S/C7H3BrClFO.C2H6/c8-4-1-2-5(7(9)11)6(10)3-4;1-2/h1-3H;1-2H3. The highest BCUT2D eigenvalue weighted by atomic mass is 79.9. The molecule has 1 aromatic carbocycles. The van der Waals surface area contributed by atoms with Gasteiger partial charge in [-0.2, -0.15) is 0 Å². The minimum Gasteiger partial charge on any atom is -0.275 e. The molecule has 1 rings (SSSR count). The maximum absolute atomic E-state index is 12.8. The third-order valence-electron chi connectivity index (χ3n) is 1.14. The molecule has 0 atom stereocenters. The fourth-order valence-electron chi connectivity index (χ4n) is 0.649. The van der Waals surface area contributed by atoms with Crippen molar-refractivity contribution in [1.29, 1.82) is 0 Å². The molecule has 0 saturated carbocycles. The van der Waals surface area contributed by atoms with Crippen molar-refractivity contribution < 1.29 is 9.18 Å². The first-order valence-electron chi connectivity index (χ1n) is 3.76. The van der Waals surface area contributed by atoms with Gasteiger partial charge in [0.25, 0.3) is 5.24 Å². The highest BCUT2D eigenvalue weighted by Gasteiger charge is 2.07. The van der Waals surface area contributed by atoms with Crippen LogP contribution in [0.4, 0.5) is 4.39 Å². The zero-order valence-corrected chi connectivity index (χ0v) is 9.62. The SMILES string of the molecule is CC.O=C(Cl)c1ccc(Br)cc1F. The zero-order valence-electron chi connectivity index (χ0n) is 7.27. The molecule has 0 amide bonds. The molecule has 0 saturated heterocycles. The Kier molecular flexibility index (Phi) is 5.91. The summed E-state index contributed by atoms with van der Waals surface area (Å²) in [6.07, 6.45) is 0. The van der Waals surface area contributed by atoms with Crippen molar-refractivity contribution in [2.45, 2.75) is 13.8 Å². The lowest BCUT2D eigenvalue weighted by molar-refractivity contribution is 0.107. The lowest BCUT2D eigenvalue weighted by Gasteiger charge is -1.95. The molecule has 0 heterocycles. The van der Waals surface area contributed by atoms with Crippen LogP contribution in [0.15, 0.2) is 22.7 Å². The van der Waals surface area contributed by atoms with Gasteiger partial charge in [0, 0.05) is 4.47 Å². The van der Waals surface area contributed by atoms with E-state index in [1.165, 1.54) is 12.1 Å². The Labute approximate surface area is 90.0 Å². The molecule has 0 aliphatic rings. The van der Waals surface area contributed by atoms with Crippen LogP contribution in [0.5, 0.6) is 0 Å². The number of halogens is 3. The van der Waals surface area contributed by atoms with E-state index >= 15 is 0 Å². The molecule has 0 aromatic heterocycles. The van der Waals surface area contributed by atoms with Crippen LogP contribution in [0.3, 0.4) is 0 Å². The lowest BCUT2D eigenvalue weighted by Crippen LogP contribution is -1.92. The van der Waals surface area contributed by atoms with Crippen LogP contribution in [-0.2, 0) is 0 Å². The van der Waals surface area contributed by atoms with Crippen molar-refractivity contribution in [1.82, 2.24) is 0 Å². The zero-order chi connectivity index (χ0) is 10.4. The number of carbonyl (C=O) groups excluding carboxylic acids is 1. The first-order chi connectivity index (χ1) is 6.11. The molecule has 0 aliphatic heterocycles. The van der Waals surface area contributed by atoms with Gasteiger partial charge in [-0.1, -0.05) is 29.8 Å². The first kappa shape index (κ1) is 12.6. The Hall–Kier alpha value is -0.410. The maximum Gasteiger partial charge on any atom is 0.255 e. The van der Waals surface area contributed by atoms with Gasteiger partial charge in [-0.3, -0.25) is 4.79 Å². The fourth-order valence-corrected chi connectivity index (χ4v) is 1.14. The van der Waals surface area contributed by atoms with E-state index in [0.717, 1.165) is 0 Å². The van der Waals surface area contributed by atoms with Crippen LogP contribution >= 0.6 is 27.5 Å². The molecule has 4 heteroatoms. The number of hydrogen-bond donors (Lipinski definition) is 0. The second-order valence-corrected chi connectivity index (χ2v) is 3.16. The molecule has 1 aromatic rings. The molecule has 1 nitrogen and oxygen atoms in total. The second kappa shape index (κ2) is 6.11. The van der Waals surface area contributed by atoms with Gasteiger partial charge in [0.2, 0.25) is 0 Å². The van der Waals surface area contributed by atoms with Gasteiger partial charge in [0.05, 0.1) is 5.56 Å². The Balaban J connectivity index is 0.000000671. The minimum absolute atomic E-state index is 0.102. The fraction of sp³-hybridized carbons (Fsp3) is 0.222. The van der Waals surface area contributed by atoms with E-state index in [2.05, 4.69) is 15.9 Å². The Morgan fingerprint density at radius 3 is 2.38 bits per heavy atom. The summed E-state index contributed by atoms with van der Waals surface area (Å²) in [5, 5.41) is -0.782. The number of rotatable bonds is 1. The number of hydrogen-bond acceptors (Lipinski definition) is 1. The predicted octanol–water partition coefficient (Wildman–Crippen LogP) is 3.99. The summed E-state index contributed by atoms with van der Waals surface area (Å²) in [6.45, 7) is 4.00. The van der Waals surface area contributed by atoms with Crippen molar-refractivity contribution in [3.63, 3.8) is 0 Å². The van der Waals surface area contributed by atoms with Crippen LogP contribution in [0.25, 0.3) is 0 Å². The largest absolute Gasteiger partial charge is 0.275 e. The van der Waals surface area contributed by atoms with Gasteiger partial charge in [-0.05, 0) is 29.8 Å². The van der Waals surface area contributed by atoms with Crippen molar-refractivity contribution in [3.8, 4) is 0 Å². The smallest absolute Gasteiger partial charge is 0.255 e. The van der Waals surface area contributed by atoms with Gasteiger partial charge >= 0.3 is 0 Å². The van der Waals surface area contributed by atoms with Crippen molar-refractivity contribution in [3.05, 3.63) is 34.1 Å². The summed E-state index contributed by atoms with van der Waals surface area (Å²) in [5.41, 5.74) is -0.102. The Morgan fingerprint density at radius 1 is 1.46 bits per heavy atom. The summed E-state index contributed by atoms with van der Waals surface area (Å²) >= 11 is 8.12. The van der Waals surface area contributed by atoms with Crippen LogP contribution in [-0.4, -0.2) is 5.24 Å². The van der Waals surface area contributed by atoms with E-state index in [4.69, 9.17) is 11.6 Å². The molecule has 0 radical (unpaired) electrons. The molecule has 13 heavy (non-hydrogen) atoms. The van der Waals surface area contributed by atoms with Gasteiger partial charge < -0.3 is 0 Å². The molecule has 72 valence electrons. The molecular formula is C9H9BrClFO. The molecule has 0 N–H and O–H groups in total. The molecule has 0 spiro atoms. The van der Waals surface area contributed by atoms with E-state index in [1.54, 1.807) is 6.07 Å². The topological polar surface area (TPSA) is 17.1 Å². The highest BCUT2D eigenvalue weighted by molar-refractivity contribution is 9.10. The molecular weight excluding hydrogens is 258 g/mol. The predicted molar refractivity (Wildman–Crippen MR) is 55.6 cm³/mol. The summed E-state index contributed by atoms with van der Waals surface area (Å²) in [7, 11) is 0. The third kappa shape index (κ3) is 3.87. The Morgan fingerprint density at radius 2 is 2.00 bits per heavy atom. The maximum atomic E-state index is 12.8. The molecule has 0 fully saturated rings. The highest BCUT2D eigenvalue weighted by Crippen LogP contribution is 2.16. The normalized spacial score (nSPS) is 8.69. The van der Waals surface area contributed by atoms with Gasteiger partial charge in [0.15, 0.2) is 0 Å². The summed E-state index contributed by atoms with van der Waals surface area (Å²) in [4.78, 5) is 10.5. The van der Waals surface area contributed by atoms with Crippen molar-refractivity contribution in [2.75, 3.05) is 0 Å². The number of carbonyl (C=O) groups is 1. The molecule has 0 aliphatic carbocycles. The van der Waals surface area contributed by atoms with Crippen LogP contribution in [0, 0.1) is 5.82 Å². The average molecular weight is 268 g/mol. The quantitative estimate of drug-likeness (QED) is 0.703. The van der Waals surface area contributed by atoms with Crippen molar-refractivity contribution >= 4 is 32.8 Å². The molecule has 0 unspecified atom stereocenters. The van der Waals surface area contributed by atoms with E-state index in [-0.39, 0.29) is 5.56 Å². The van der Waals surface area contributed by atoms with Crippen LogP contribution < -0.4 is 0 Å². The Bertz CT molecular complexity index is 302. The summed E-state index contributed by atoms with van der Waals surface area (Å²) in [5.74, 6) is -0.612. The minimum atomic E-state index is -0.782. The van der Waals surface area contributed by atoms with Crippen LogP contribution in [0.2, 0.25) is 0 Å². The number of benzene rings is 1. The van der Waals surface area contributed by atoms with Gasteiger partial charge in [-0.15, -0.1) is 0 Å². The second-order valence-electron chi connectivity index (χ2n) is 1.90. The summed E-state index contributed by atoms with van der Waals surface area (Å²) in [6, 6.07) is 4.07. The average Bonchev–Trinajstić information content (AvgIpc) is 2.07. The van der Waals surface area contributed by atoms with Gasteiger partial charge in [-0.25, -0.2) is 4.39 Å².